The number of nitrogens with zero attached hydrogens (tertiary/aromatic N) is 1. The second-order valence-electron chi connectivity index (χ2n) is 4.43. The van der Waals surface area contributed by atoms with E-state index in [0.29, 0.717) is 23.0 Å². The molecule has 5 heteroatoms. The van der Waals surface area contributed by atoms with Crippen LogP contribution in [0.2, 0.25) is 5.02 Å². The zero-order valence-corrected chi connectivity index (χ0v) is 10.1. The van der Waals surface area contributed by atoms with Gasteiger partial charge < -0.3 is 9.73 Å². The van der Waals surface area contributed by atoms with Gasteiger partial charge in [-0.15, -0.1) is 0 Å². The van der Waals surface area contributed by atoms with Gasteiger partial charge in [-0.25, -0.2) is 9.37 Å². The molecule has 1 saturated heterocycles. The van der Waals surface area contributed by atoms with Crippen molar-refractivity contribution in [2.75, 3.05) is 6.54 Å². The van der Waals surface area contributed by atoms with E-state index in [4.69, 9.17) is 16.0 Å². The predicted octanol–water partition coefficient (Wildman–Crippen LogP) is 3.09. The molecule has 3 nitrogen and oxygen atoms in total. The fourth-order valence-corrected chi connectivity index (χ4v) is 2.57. The number of oxazole rings is 1. The van der Waals surface area contributed by atoms with Crippen LogP contribution in [-0.4, -0.2) is 17.6 Å². The molecule has 1 aliphatic heterocycles. The van der Waals surface area contributed by atoms with E-state index in [1.54, 1.807) is 0 Å². The van der Waals surface area contributed by atoms with Crippen LogP contribution in [0, 0.1) is 5.82 Å². The first-order valence-electron chi connectivity index (χ1n) is 5.64. The van der Waals surface area contributed by atoms with E-state index in [1.165, 1.54) is 12.1 Å². The van der Waals surface area contributed by atoms with Gasteiger partial charge in [0, 0.05) is 12.1 Å². The van der Waals surface area contributed by atoms with Crippen LogP contribution in [0.25, 0.3) is 11.1 Å². The molecule has 0 bridgehead atoms. The molecule has 90 valence electrons. The number of hydrogen-bond donors (Lipinski definition) is 1. The van der Waals surface area contributed by atoms with Gasteiger partial charge in [0.25, 0.3) is 0 Å². The van der Waals surface area contributed by atoms with Crippen LogP contribution < -0.4 is 5.32 Å². The maximum absolute atomic E-state index is 13.2. The number of nitrogens with one attached hydrogen (secondary N) is 1. The molecule has 17 heavy (non-hydrogen) atoms. The summed E-state index contributed by atoms with van der Waals surface area (Å²) in [4.78, 5) is 4.34. The van der Waals surface area contributed by atoms with Gasteiger partial charge in [0.1, 0.15) is 11.3 Å². The standard InChI is InChI=1S/C12H12ClFN2O/c1-6-8(2-3-15-6)12-16-10-5-7(14)4-9(13)11(10)17-12/h4-6,8,15H,2-3H2,1H3. The Bertz CT molecular complexity index is 569. The highest BCUT2D eigenvalue weighted by molar-refractivity contribution is 6.34. The molecule has 2 aromatic rings. The van der Waals surface area contributed by atoms with Gasteiger partial charge in [-0.3, -0.25) is 0 Å². The lowest BCUT2D eigenvalue weighted by molar-refractivity contribution is 0.447. The van der Waals surface area contributed by atoms with Gasteiger partial charge in [0.05, 0.1) is 10.9 Å². The van der Waals surface area contributed by atoms with E-state index in [9.17, 15) is 4.39 Å². The molecule has 1 aliphatic rings. The van der Waals surface area contributed by atoms with Crippen molar-refractivity contribution >= 4 is 22.7 Å². The first-order chi connectivity index (χ1) is 8.15. The van der Waals surface area contributed by atoms with Crippen molar-refractivity contribution in [1.82, 2.24) is 10.3 Å². The minimum absolute atomic E-state index is 0.238. The number of aromatic nitrogens is 1. The zero-order chi connectivity index (χ0) is 12.0. The van der Waals surface area contributed by atoms with Crippen molar-refractivity contribution in [2.45, 2.75) is 25.3 Å². The van der Waals surface area contributed by atoms with Gasteiger partial charge in [-0.05, 0) is 26.0 Å². The van der Waals surface area contributed by atoms with Crippen LogP contribution in [0.1, 0.15) is 25.2 Å². The Morgan fingerprint density at radius 3 is 3.06 bits per heavy atom. The van der Waals surface area contributed by atoms with E-state index < -0.39 is 0 Å². The molecule has 0 spiro atoms. The van der Waals surface area contributed by atoms with E-state index in [1.807, 2.05) is 0 Å². The maximum Gasteiger partial charge on any atom is 0.200 e. The Labute approximate surface area is 103 Å². The Morgan fingerprint density at radius 2 is 2.35 bits per heavy atom. The summed E-state index contributed by atoms with van der Waals surface area (Å²) in [6, 6.07) is 2.92. The average molecular weight is 255 g/mol. The minimum atomic E-state index is -0.389. The lowest BCUT2D eigenvalue weighted by Crippen LogP contribution is -2.21. The largest absolute Gasteiger partial charge is 0.439 e. The zero-order valence-electron chi connectivity index (χ0n) is 9.34. The molecule has 0 saturated carbocycles. The lowest BCUT2D eigenvalue weighted by atomic mass is 10.0. The van der Waals surface area contributed by atoms with Crippen LogP contribution in [0.3, 0.4) is 0 Å². The fraction of sp³-hybridized carbons (Fsp3) is 0.417. The highest BCUT2D eigenvalue weighted by Gasteiger charge is 2.29. The summed E-state index contributed by atoms with van der Waals surface area (Å²) in [7, 11) is 0. The molecule has 0 aliphatic carbocycles. The number of halogens is 2. The van der Waals surface area contributed by atoms with Crippen molar-refractivity contribution in [3.63, 3.8) is 0 Å². The Hall–Kier alpha value is -1.13. The third-order valence-electron chi connectivity index (χ3n) is 3.27. The SMILES string of the molecule is CC1NCCC1c1nc2cc(F)cc(Cl)c2o1. The lowest BCUT2D eigenvalue weighted by Gasteiger charge is -2.09. The van der Waals surface area contributed by atoms with Gasteiger partial charge >= 0.3 is 0 Å². The molecular weight excluding hydrogens is 243 g/mol. The van der Waals surface area contributed by atoms with Crippen LogP contribution in [0.5, 0.6) is 0 Å². The van der Waals surface area contributed by atoms with Crippen LogP contribution in [0.15, 0.2) is 16.5 Å². The maximum atomic E-state index is 13.2. The van der Waals surface area contributed by atoms with Crippen LogP contribution in [-0.2, 0) is 0 Å². The van der Waals surface area contributed by atoms with Gasteiger partial charge in [0.2, 0.25) is 0 Å². The second-order valence-corrected chi connectivity index (χ2v) is 4.83. The molecule has 2 unspecified atom stereocenters. The summed E-state index contributed by atoms with van der Waals surface area (Å²) < 4.78 is 18.8. The third kappa shape index (κ3) is 1.81. The number of rotatable bonds is 1. The molecule has 1 aromatic carbocycles. The second kappa shape index (κ2) is 3.96. The highest BCUT2D eigenvalue weighted by atomic mass is 35.5. The van der Waals surface area contributed by atoms with Crippen molar-refractivity contribution < 1.29 is 8.81 Å². The number of fused-ring (bicyclic) bond motifs is 1. The van der Waals surface area contributed by atoms with Crippen LogP contribution in [0.4, 0.5) is 4.39 Å². The summed E-state index contributed by atoms with van der Waals surface area (Å²) in [6.45, 7) is 3.04. The number of hydrogen-bond acceptors (Lipinski definition) is 3. The highest BCUT2D eigenvalue weighted by Crippen LogP contribution is 2.32. The van der Waals surface area contributed by atoms with E-state index in [2.05, 4.69) is 17.2 Å². The van der Waals surface area contributed by atoms with E-state index in [0.717, 1.165) is 13.0 Å². The molecule has 2 atom stereocenters. The summed E-state index contributed by atoms with van der Waals surface area (Å²) >= 11 is 5.93. The average Bonchev–Trinajstić information content (AvgIpc) is 2.83. The Morgan fingerprint density at radius 1 is 1.53 bits per heavy atom. The Balaban J connectivity index is 2.10. The minimum Gasteiger partial charge on any atom is -0.439 e. The summed E-state index contributed by atoms with van der Waals surface area (Å²) in [6.07, 6.45) is 0.980. The normalized spacial score (nSPS) is 24.6. The van der Waals surface area contributed by atoms with Gasteiger partial charge in [-0.1, -0.05) is 11.6 Å². The quantitative estimate of drug-likeness (QED) is 0.850. The predicted molar refractivity (Wildman–Crippen MR) is 63.8 cm³/mol. The van der Waals surface area contributed by atoms with Gasteiger partial charge in [-0.2, -0.15) is 0 Å². The summed E-state index contributed by atoms with van der Waals surface area (Å²) in [5, 5.41) is 3.61. The molecule has 1 fully saturated rings. The number of benzene rings is 1. The molecule has 1 N–H and O–H groups in total. The monoisotopic (exact) mass is 254 g/mol. The molecule has 0 amide bonds. The van der Waals surface area contributed by atoms with Gasteiger partial charge in [0.15, 0.2) is 11.5 Å². The Kier molecular flexibility index (Phi) is 2.56. The molecule has 2 heterocycles. The molecule has 3 rings (SSSR count). The topological polar surface area (TPSA) is 38.1 Å². The van der Waals surface area contributed by atoms with Crippen molar-refractivity contribution in [3.8, 4) is 0 Å². The summed E-state index contributed by atoms with van der Waals surface area (Å²) in [5.41, 5.74) is 0.964. The molecule has 0 radical (unpaired) electrons. The van der Waals surface area contributed by atoms with E-state index >= 15 is 0 Å². The summed E-state index contributed by atoms with van der Waals surface area (Å²) in [5.74, 6) is 0.492. The van der Waals surface area contributed by atoms with Crippen LogP contribution >= 0.6 is 11.6 Å². The van der Waals surface area contributed by atoms with Crippen molar-refractivity contribution in [2.24, 2.45) is 0 Å². The molecular formula is C12H12ClFN2O. The van der Waals surface area contributed by atoms with E-state index in [-0.39, 0.29) is 16.8 Å². The first-order valence-corrected chi connectivity index (χ1v) is 6.02. The van der Waals surface area contributed by atoms with Crippen molar-refractivity contribution in [3.05, 3.63) is 28.9 Å². The molecule has 1 aromatic heterocycles. The third-order valence-corrected chi connectivity index (χ3v) is 3.55. The fourth-order valence-electron chi connectivity index (χ4n) is 2.33. The van der Waals surface area contributed by atoms with Crippen molar-refractivity contribution in [1.29, 1.82) is 0 Å². The first kappa shape index (κ1) is 11.0. The smallest absolute Gasteiger partial charge is 0.200 e.